The minimum atomic E-state index is -2.40. The molecule has 0 aliphatic carbocycles. The van der Waals surface area contributed by atoms with E-state index < -0.39 is 24.0 Å². The summed E-state index contributed by atoms with van der Waals surface area (Å²) in [7, 11) is 0. The molecule has 6 heteroatoms. The molecule has 1 aromatic carbocycles. The molecule has 0 amide bonds. The van der Waals surface area contributed by atoms with E-state index >= 15 is 0 Å². The number of carbonyl (C=O) groups is 1. The first-order valence-electron chi connectivity index (χ1n) is 12.0. The van der Waals surface area contributed by atoms with Crippen LogP contribution in [-0.4, -0.2) is 47.9 Å². The first-order chi connectivity index (χ1) is 15.1. The lowest BCUT2D eigenvalue weighted by atomic mass is 9.84. The summed E-state index contributed by atoms with van der Waals surface area (Å²) >= 11 is 0. The summed E-state index contributed by atoms with van der Waals surface area (Å²) in [6.07, 6.45) is 0.970. The predicted octanol–water partition coefficient (Wildman–Crippen LogP) is 4.91. The Morgan fingerprint density at radius 1 is 1.00 bits per heavy atom. The first-order valence-corrected chi connectivity index (χ1v) is 12.0. The van der Waals surface area contributed by atoms with Crippen molar-refractivity contribution < 1.29 is 29.2 Å². The number of ether oxygens (including phenoxy) is 3. The molecule has 1 aromatic rings. The average molecular weight is 453 g/mol. The van der Waals surface area contributed by atoms with E-state index in [9.17, 15) is 15.0 Å². The normalized spacial score (nSPS) is 15.9. The fraction of sp³-hybridized carbons (Fsp3) is 0.731. The molecule has 0 aliphatic heterocycles. The van der Waals surface area contributed by atoms with Gasteiger partial charge in [0.1, 0.15) is 6.10 Å². The van der Waals surface area contributed by atoms with Crippen LogP contribution in [0.25, 0.3) is 0 Å². The second-order valence-electron chi connectivity index (χ2n) is 9.36. The van der Waals surface area contributed by atoms with Crippen LogP contribution in [0.15, 0.2) is 24.3 Å². The standard InChI is InChI=1S/C26H44O6/c1-8-12-13-19(9-2)18-32-23(28)26(29,24(30-10-3)31-11-4)22(27)20-14-16-21(17-15-20)25(5,6)7/h14-17,19,22,24,27,29H,8-13,18H2,1-7H3. The molecule has 0 fully saturated rings. The number of carbonyl (C=O) groups excluding carboxylic acids is 1. The van der Waals surface area contributed by atoms with E-state index in [2.05, 4.69) is 34.6 Å². The van der Waals surface area contributed by atoms with Crippen LogP contribution in [0, 0.1) is 5.92 Å². The maximum Gasteiger partial charge on any atom is 0.346 e. The van der Waals surface area contributed by atoms with E-state index in [1.54, 1.807) is 26.0 Å². The van der Waals surface area contributed by atoms with Crippen molar-refractivity contribution >= 4 is 5.97 Å². The van der Waals surface area contributed by atoms with Gasteiger partial charge in [0.25, 0.3) is 0 Å². The van der Waals surface area contributed by atoms with E-state index in [-0.39, 0.29) is 31.2 Å². The van der Waals surface area contributed by atoms with E-state index in [0.29, 0.717) is 5.56 Å². The first kappa shape index (κ1) is 28.6. The number of esters is 1. The second kappa shape index (κ2) is 13.3. The molecule has 32 heavy (non-hydrogen) atoms. The molecule has 0 aliphatic rings. The van der Waals surface area contributed by atoms with Crippen molar-refractivity contribution in [3.05, 3.63) is 35.4 Å². The zero-order chi connectivity index (χ0) is 24.4. The van der Waals surface area contributed by atoms with Crippen LogP contribution >= 0.6 is 0 Å². The Morgan fingerprint density at radius 2 is 1.56 bits per heavy atom. The Kier molecular flexibility index (Phi) is 11.9. The van der Waals surface area contributed by atoms with E-state index in [1.165, 1.54) is 0 Å². The molecule has 3 unspecified atom stereocenters. The highest BCUT2D eigenvalue weighted by molar-refractivity contribution is 5.81. The molecule has 3 atom stereocenters. The smallest absolute Gasteiger partial charge is 0.346 e. The van der Waals surface area contributed by atoms with Gasteiger partial charge >= 0.3 is 5.97 Å². The minimum Gasteiger partial charge on any atom is -0.463 e. The topological polar surface area (TPSA) is 85.2 Å². The number of hydrogen-bond donors (Lipinski definition) is 2. The zero-order valence-corrected chi connectivity index (χ0v) is 21.0. The SMILES string of the molecule is CCCCC(CC)COC(=O)C(O)(C(OCC)OCC)C(O)c1ccc(C(C)(C)C)cc1. The number of unbranched alkanes of at least 4 members (excludes halogenated alkanes) is 1. The van der Waals surface area contributed by atoms with Gasteiger partial charge in [-0.25, -0.2) is 4.79 Å². The fourth-order valence-corrected chi connectivity index (χ4v) is 3.57. The minimum absolute atomic E-state index is 0.0639. The molecule has 0 spiro atoms. The van der Waals surface area contributed by atoms with Crippen molar-refractivity contribution in [3.63, 3.8) is 0 Å². The Labute approximate surface area is 194 Å². The van der Waals surface area contributed by atoms with Crippen LogP contribution in [-0.2, 0) is 24.4 Å². The van der Waals surface area contributed by atoms with Crippen molar-refractivity contribution in [2.24, 2.45) is 5.92 Å². The van der Waals surface area contributed by atoms with Gasteiger partial charge in [-0.1, -0.05) is 78.1 Å². The number of aliphatic hydroxyl groups excluding tert-OH is 1. The van der Waals surface area contributed by atoms with Gasteiger partial charge in [0.15, 0.2) is 6.29 Å². The summed E-state index contributed by atoms with van der Waals surface area (Å²) in [6, 6.07) is 7.21. The fourth-order valence-electron chi connectivity index (χ4n) is 3.57. The Bertz CT molecular complexity index is 660. The molecule has 0 saturated carbocycles. The highest BCUT2D eigenvalue weighted by atomic mass is 16.7. The molecule has 0 aromatic heterocycles. The summed E-state index contributed by atoms with van der Waals surface area (Å²) in [5.41, 5.74) is -1.00. The zero-order valence-electron chi connectivity index (χ0n) is 21.0. The predicted molar refractivity (Wildman–Crippen MR) is 126 cm³/mol. The van der Waals surface area contributed by atoms with E-state index in [4.69, 9.17) is 14.2 Å². The Balaban J connectivity index is 3.23. The highest BCUT2D eigenvalue weighted by Crippen LogP contribution is 2.34. The molecule has 1 rings (SSSR count). The molecular formula is C26H44O6. The van der Waals surface area contributed by atoms with Gasteiger partial charge in [-0.3, -0.25) is 0 Å². The average Bonchev–Trinajstić information content (AvgIpc) is 2.77. The molecule has 184 valence electrons. The second-order valence-corrected chi connectivity index (χ2v) is 9.36. The molecule has 0 saturated heterocycles. The summed E-state index contributed by atoms with van der Waals surface area (Å²) in [6.45, 7) is 14.5. The van der Waals surface area contributed by atoms with Gasteiger partial charge in [0, 0.05) is 13.2 Å². The van der Waals surface area contributed by atoms with Crippen LogP contribution in [0.1, 0.15) is 91.4 Å². The van der Waals surface area contributed by atoms with Gasteiger partial charge in [-0.15, -0.1) is 0 Å². The Morgan fingerprint density at radius 3 is 2.00 bits per heavy atom. The third-order valence-electron chi connectivity index (χ3n) is 5.83. The third kappa shape index (κ3) is 7.55. The van der Waals surface area contributed by atoms with Crippen molar-refractivity contribution in [2.45, 2.75) is 97.6 Å². The Hall–Kier alpha value is -1.47. The van der Waals surface area contributed by atoms with Crippen LogP contribution in [0.4, 0.5) is 0 Å². The van der Waals surface area contributed by atoms with Crippen LogP contribution in [0.3, 0.4) is 0 Å². The molecule has 6 nitrogen and oxygen atoms in total. The van der Waals surface area contributed by atoms with Crippen molar-refractivity contribution in [3.8, 4) is 0 Å². The van der Waals surface area contributed by atoms with Gasteiger partial charge in [0.05, 0.1) is 6.61 Å². The largest absolute Gasteiger partial charge is 0.463 e. The van der Waals surface area contributed by atoms with Gasteiger partial charge < -0.3 is 24.4 Å². The summed E-state index contributed by atoms with van der Waals surface area (Å²) < 4.78 is 16.7. The number of aliphatic hydroxyl groups is 2. The molecule has 0 bridgehead atoms. The maximum atomic E-state index is 13.2. The lowest BCUT2D eigenvalue weighted by molar-refractivity contribution is -0.267. The summed E-state index contributed by atoms with van der Waals surface area (Å²) in [4.78, 5) is 13.2. The van der Waals surface area contributed by atoms with Crippen molar-refractivity contribution in [1.82, 2.24) is 0 Å². The lowest BCUT2D eigenvalue weighted by Crippen LogP contribution is -2.57. The molecule has 2 N–H and O–H groups in total. The quantitative estimate of drug-likeness (QED) is 0.308. The van der Waals surface area contributed by atoms with Crippen molar-refractivity contribution in [2.75, 3.05) is 19.8 Å². The maximum absolute atomic E-state index is 13.2. The summed E-state index contributed by atoms with van der Waals surface area (Å²) in [5.74, 6) is -0.740. The number of rotatable bonds is 14. The van der Waals surface area contributed by atoms with Gasteiger partial charge in [-0.05, 0) is 42.7 Å². The molecular weight excluding hydrogens is 408 g/mol. The molecule has 0 heterocycles. The highest BCUT2D eigenvalue weighted by Gasteiger charge is 2.54. The summed E-state index contributed by atoms with van der Waals surface area (Å²) in [5, 5.41) is 22.7. The molecule has 0 radical (unpaired) electrons. The monoisotopic (exact) mass is 452 g/mol. The van der Waals surface area contributed by atoms with Crippen LogP contribution in [0.5, 0.6) is 0 Å². The van der Waals surface area contributed by atoms with Gasteiger partial charge in [-0.2, -0.15) is 0 Å². The number of hydrogen-bond acceptors (Lipinski definition) is 6. The van der Waals surface area contributed by atoms with Crippen LogP contribution < -0.4 is 0 Å². The van der Waals surface area contributed by atoms with Gasteiger partial charge in [0.2, 0.25) is 5.60 Å². The van der Waals surface area contributed by atoms with Crippen LogP contribution in [0.2, 0.25) is 0 Å². The van der Waals surface area contributed by atoms with E-state index in [1.807, 2.05) is 12.1 Å². The van der Waals surface area contributed by atoms with Crippen molar-refractivity contribution in [1.29, 1.82) is 0 Å². The number of benzene rings is 1. The third-order valence-corrected chi connectivity index (χ3v) is 5.83. The lowest BCUT2D eigenvalue weighted by Gasteiger charge is -2.37. The van der Waals surface area contributed by atoms with E-state index in [0.717, 1.165) is 31.2 Å².